The highest BCUT2D eigenvalue weighted by molar-refractivity contribution is 5.87. The Balaban J connectivity index is 1.77. The lowest BCUT2D eigenvalue weighted by Gasteiger charge is -2.09. The summed E-state index contributed by atoms with van der Waals surface area (Å²) in [6.07, 6.45) is 1.86. The summed E-state index contributed by atoms with van der Waals surface area (Å²) in [7, 11) is 3.20. The summed E-state index contributed by atoms with van der Waals surface area (Å²) >= 11 is 0. The molecule has 0 fully saturated rings. The third-order valence-electron chi connectivity index (χ3n) is 3.16. The number of aromatic nitrogens is 3. The molecule has 0 aliphatic carbocycles. The molecule has 0 atom stereocenters. The number of hydrogen-bond donors (Lipinski definition) is 2. The van der Waals surface area contributed by atoms with Crippen LogP contribution in [0, 0.1) is 5.82 Å². The van der Waals surface area contributed by atoms with Crippen LogP contribution in [-0.4, -0.2) is 52.5 Å². The first kappa shape index (κ1) is 17.4. The van der Waals surface area contributed by atoms with Gasteiger partial charge in [-0.25, -0.2) is 13.9 Å². The molecule has 0 saturated heterocycles. The normalized spacial score (nSPS) is 10.3. The van der Waals surface area contributed by atoms with Crippen LogP contribution in [0.3, 0.4) is 0 Å². The molecule has 3 amide bonds. The van der Waals surface area contributed by atoms with Crippen molar-refractivity contribution in [1.29, 1.82) is 0 Å². The number of carbonyl (C=O) groups is 2. The Morgan fingerprint density at radius 2 is 2.04 bits per heavy atom. The van der Waals surface area contributed by atoms with E-state index in [1.54, 1.807) is 32.3 Å². The van der Waals surface area contributed by atoms with Gasteiger partial charge >= 0.3 is 6.03 Å². The van der Waals surface area contributed by atoms with Crippen molar-refractivity contribution in [2.45, 2.75) is 13.0 Å². The Labute approximate surface area is 138 Å². The first-order valence-electron chi connectivity index (χ1n) is 7.34. The van der Waals surface area contributed by atoms with Gasteiger partial charge in [0, 0.05) is 20.6 Å². The van der Waals surface area contributed by atoms with E-state index >= 15 is 0 Å². The minimum absolute atomic E-state index is 0.0396. The Bertz CT molecular complexity index is 715. The molecule has 128 valence electrons. The van der Waals surface area contributed by atoms with Crippen LogP contribution >= 0.6 is 0 Å². The molecule has 0 saturated carbocycles. The summed E-state index contributed by atoms with van der Waals surface area (Å²) in [6, 6.07) is 6.10. The van der Waals surface area contributed by atoms with Crippen LogP contribution in [0.25, 0.3) is 0 Å². The van der Waals surface area contributed by atoms with E-state index in [1.807, 2.05) is 0 Å². The van der Waals surface area contributed by atoms with Crippen molar-refractivity contribution in [3.05, 3.63) is 41.8 Å². The highest BCUT2D eigenvalue weighted by Gasteiger charge is 2.09. The molecule has 0 radical (unpaired) electrons. The first-order valence-corrected chi connectivity index (χ1v) is 7.34. The second-order valence-electron chi connectivity index (χ2n) is 5.32. The zero-order chi connectivity index (χ0) is 17.5. The van der Waals surface area contributed by atoms with Crippen molar-refractivity contribution < 1.29 is 14.0 Å². The van der Waals surface area contributed by atoms with Gasteiger partial charge < -0.3 is 10.2 Å². The molecule has 1 heterocycles. The van der Waals surface area contributed by atoms with Gasteiger partial charge in [0.25, 0.3) is 0 Å². The summed E-state index contributed by atoms with van der Waals surface area (Å²) in [5.74, 6) is -0.307. The second kappa shape index (κ2) is 8.04. The van der Waals surface area contributed by atoms with Crippen LogP contribution in [0.15, 0.2) is 30.5 Å². The Hall–Kier alpha value is -2.97. The smallest absolute Gasteiger partial charge is 0.322 e. The van der Waals surface area contributed by atoms with Crippen molar-refractivity contribution in [1.82, 2.24) is 25.2 Å². The standard InChI is InChI=1S/C15H19FN6O2/c1-21(2)15(24)18-13-9-22(20-19-13)10-14(23)17-8-7-11-5-3-4-6-12(11)16/h3-6,9H,7-8,10H2,1-2H3,(H,17,23)(H,18,24). The molecule has 0 aliphatic rings. The number of urea groups is 1. The molecular weight excluding hydrogens is 315 g/mol. The number of carbonyl (C=O) groups excluding carboxylic acids is 2. The molecule has 9 heteroatoms. The molecule has 0 bridgehead atoms. The average molecular weight is 334 g/mol. The number of rotatable bonds is 6. The van der Waals surface area contributed by atoms with Crippen LogP contribution < -0.4 is 10.6 Å². The van der Waals surface area contributed by atoms with Crippen molar-refractivity contribution >= 4 is 17.8 Å². The Kier molecular flexibility index (Phi) is 5.83. The van der Waals surface area contributed by atoms with Gasteiger partial charge in [-0.1, -0.05) is 23.4 Å². The lowest BCUT2D eigenvalue weighted by Crippen LogP contribution is -2.29. The number of benzene rings is 1. The summed E-state index contributed by atoms with van der Waals surface area (Å²) in [6.45, 7) is 0.279. The fourth-order valence-corrected chi connectivity index (χ4v) is 1.90. The highest BCUT2D eigenvalue weighted by atomic mass is 19.1. The molecular formula is C15H19FN6O2. The van der Waals surface area contributed by atoms with E-state index in [-0.39, 0.29) is 30.1 Å². The monoisotopic (exact) mass is 334 g/mol. The van der Waals surface area contributed by atoms with Gasteiger partial charge in [0.1, 0.15) is 12.4 Å². The summed E-state index contributed by atoms with van der Waals surface area (Å²) < 4.78 is 14.8. The summed E-state index contributed by atoms with van der Waals surface area (Å²) in [4.78, 5) is 24.7. The van der Waals surface area contributed by atoms with Crippen molar-refractivity contribution in [3.63, 3.8) is 0 Å². The van der Waals surface area contributed by atoms with Crippen molar-refractivity contribution in [2.24, 2.45) is 0 Å². The quantitative estimate of drug-likeness (QED) is 0.820. The highest BCUT2D eigenvalue weighted by Crippen LogP contribution is 2.06. The van der Waals surface area contributed by atoms with Crippen LogP contribution in [-0.2, 0) is 17.8 Å². The fraction of sp³-hybridized carbons (Fsp3) is 0.333. The largest absolute Gasteiger partial charge is 0.354 e. The van der Waals surface area contributed by atoms with E-state index in [0.717, 1.165) is 0 Å². The van der Waals surface area contributed by atoms with E-state index in [4.69, 9.17) is 0 Å². The third kappa shape index (κ3) is 5.04. The molecule has 2 rings (SSSR count). The van der Waals surface area contributed by atoms with Crippen LogP contribution in [0.4, 0.5) is 15.0 Å². The van der Waals surface area contributed by atoms with E-state index in [1.165, 1.54) is 21.8 Å². The van der Waals surface area contributed by atoms with Gasteiger partial charge in [-0.3, -0.25) is 10.1 Å². The van der Waals surface area contributed by atoms with Gasteiger partial charge in [0.05, 0.1) is 6.20 Å². The molecule has 2 N–H and O–H groups in total. The minimum atomic E-state index is -0.337. The van der Waals surface area contributed by atoms with Crippen LogP contribution in [0.1, 0.15) is 5.56 Å². The molecule has 1 aromatic heterocycles. The fourth-order valence-electron chi connectivity index (χ4n) is 1.90. The van der Waals surface area contributed by atoms with Crippen LogP contribution in [0.2, 0.25) is 0 Å². The molecule has 0 spiro atoms. The molecule has 0 aliphatic heterocycles. The van der Waals surface area contributed by atoms with Gasteiger partial charge in [0.2, 0.25) is 5.91 Å². The number of amides is 3. The molecule has 8 nitrogen and oxygen atoms in total. The second-order valence-corrected chi connectivity index (χ2v) is 5.32. The number of hydrogen-bond acceptors (Lipinski definition) is 4. The Morgan fingerprint density at radius 1 is 1.29 bits per heavy atom. The van der Waals surface area contributed by atoms with E-state index in [0.29, 0.717) is 18.5 Å². The number of nitrogens with one attached hydrogen (secondary N) is 2. The van der Waals surface area contributed by atoms with E-state index in [2.05, 4.69) is 20.9 Å². The lowest BCUT2D eigenvalue weighted by molar-refractivity contribution is -0.121. The molecule has 2 aromatic rings. The predicted molar refractivity (Wildman–Crippen MR) is 85.8 cm³/mol. The zero-order valence-electron chi connectivity index (χ0n) is 13.5. The van der Waals surface area contributed by atoms with Crippen LogP contribution in [0.5, 0.6) is 0 Å². The van der Waals surface area contributed by atoms with E-state index < -0.39 is 0 Å². The van der Waals surface area contributed by atoms with Crippen molar-refractivity contribution in [3.8, 4) is 0 Å². The third-order valence-corrected chi connectivity index (χ3v) is 3.16. The molecule has 1 aromatic carbocycles. The number of halogens is 1. The zero-order valence-corrected chi connectivity index (χ0v) is 13.5. The maximum Gasteiger partial charge on any atom is 0.322 e. The molecule has 24 heavy (non-hydrogen) atoms. The number of anilines is 1. The predicted octanol–water partition coefficient (Wildman–Crippen LogP) is 0.870. The average Bonchev–Trinajstić information content (AvgIpc) is 2.96. The maximum absolute atomic E-state index is 13.5. The first-order chi connectivity index (χ1) is 11.5. The SMILES string of the molecule is CN(C)C(=O)Nc1cn(CC(=O)NCCc2ccccc2F)nn1. The number of nitrogens with zero attached hydrogens (tertiary/aromatic N) is 4. The molecule has 0 unspecified atom stereocenters. The minimum Gasteiger partial charge on any atom is -0.354 e. The lowest BCUT2D eigenvalue weighted by atomic mass is 10.1. The summed E-state index contributed by atoms with van der Waals surface area (Å²) in [5.41, 5.74) is 0.548. The Morgan fingerprint density at radius 3 is 2.75 bits per heavy atom. The van der Waals surface area contributed by atoms with Gasteiger partial charge in [-0.05, 0) is 18.1 Å². The van der Waals surface area contributed by atoms with Gasteiger partial charge in [-0.15, -0.1) is 5.10 Å². The van der Waals surface area contributed by atoms with Crippen molar-refractivity contribution in [2.75, 3.05) is 26.0 Å². The maximum atomic E-state index is 13.5. The van der Waals surface area contributed by atoms with Gasteiger partial charge in [-0.2, -0.15) is 0 Å². The summed E-state index contributed by atoms with van der Waals surface area (Å²) in [5, 5.41) is 12.7. The topological polar surface area (TPSA) is 92.2 Å². The van der Waals surface area contributed by atoms with Gasteiger partial charge in [0.15, 0.2) is 5.82 Å². The van der Waals surface area contributed by atoms with E-state index in [9.17, 15) is 14.0 Å².